The van der Waals surface area contributed by atoms with Gasteiger partial charge in [0.25, 0.3) is 5.95 Å². The quantitative estimate of drug-likeness (QED) is 0.839. The van der Waals surface area contributed by atoms with Crippen LogP contribution in [0, 0.1) is 0 Å². The summed E-state index contributed by atoms with van der Waals surface area (Å²) in [6, 6.07) is 0.300. The summed E-state index contributed by atoms with van der Waals surface area (Å²) in [5.74, 6) is 1.84. The van der Waals surface area contributed by atoms with Gasteiger partial charge < -0.3 is 15.2 Å². The number of aromatic nitrogens is 2. The second-order valence-electron chi connectivity index (χ2n) is 4.37. The van der Waals surface area contributed by atoms with E-state index in [9.17, 15) is 0 Å². The molecule has 2 atom stereocenters. The second kappa shape index (κ2) is 4.82. The van der Waals surface area contributed by atoms with Crippen molar-refractivity contribution in [2.24, 2.45) is 5.73 Å². The fourth-order valence-corrected chi connectivity index (χ4v) is 2.27. The largest absolute Gasteiger partial charge is 0.339 e. The molecule has 90 valence electrons. The van der Waals surface area contributed by atoms with Crippen LogP contribution in [-0.2, 0) is 0 Å². The molecule has 0 spiro atoms. The normalized spacial score (nSPS) is 24.9. The first-order valence-electron chi connectivity index (χ1n) is 6.08. The van der Waals surface area contributed by atoms with Crippen LogP contribution in [0.25, 0.3) is 0 Å². The Morgan fingerprint density at radius 2 is 2.12 bits per heavy atom. The topological polar surface area (TPSA) is 68.2 Å². The van der Waals surface area contributed by atoms with Crippen molar-refractivity contribution in [3.8, 4) is 0 Å². The zero-order valence-electron chi connectivity index (χ0n) is 10.0. The lowest BCUT2D eigenvalue weighted by molar-refractivity contribution is 0.352. The van der Waals surface area contributed by atoms with Crippen molar-refractivity contribution in [2.75, 3.05) is 18.0 Å². The van der Waals surface area contributed by atoms with Crippen LogP contribution in [0.15, 0.2) is 4.52 Å². The molecule has 2 N–H and O–H groups in total. The molecule has 5 nitrogen and oxygen atoms in total. The molecule has 1 aromatic heterocycles. The van der Waals surface area contributed by atoms with Crippen LogP contribution in [0.3, 0.4) is 0 Å². The van der Waals surface area contributed by atoms with Crippen molar-refractivity contribution in [1.29, 1.82) is 0 Å². The number of nitrogens with two attached hydrogens (primary N) is 1. The van der Waals surface area contributed by atoms with Gasteiger partial charge in [-0.05, 0) is 38.3 Å². The van der Waals surface area contributed by atoms with E-state index in [1.165, 1.54) is 0 Å². The van der Waals surface area contributed by atoms with Crippen LogP contribution in [0.1, 0.15) is 44.9 Å². The highest BCUT2D eigenvalue weighted by molar-refractivity contribution is 5.27. The van der Waals surface area contributed by atoms with Crippen molar-refractivity contribution in [3.63, 3.8) is 0 Å². The molecule has 1 heterocycles. The third-order valence-corrected chi connectivity index (χ3v) is 3.30. The number of anilines is 1. The molecule has 5 heteroatoms. The molecule has 0 unspecified atom stereocenters. The van der Waals surface area contributed by atoms with Gasteiger partial charge in [0.2, 0.25) is 5.89 Å². The molecule has 0 aromatic carbocycles. The van der Waals surface area contributed by atoms with Crippen molar-refractivity contribution in [2.45, 2.75) is 45.1 Å². The van der Waals surface area contributed by atoms with Gasteiger partial charge in [-0.3, -0.25) is 0 Å². The first-order valence-corrected chi connectivity index (χ1v) is 6.08. The van der Waals surface area contributed by atoms with E-state index in [4.69, 9.17) is 10.3 Å². The lowest BCUT2D eigenvalue weighted by Gasteiger charge is -2.14. The fraction of sp³-hybridized carbons (Fsp3) is 0.818. The van der Waals surface area contributed by atoms with Crippen molar-refractivity contribution >= 4 is 5.95 Å². The molecular weight excluding hydrogens is 204 g/mol. The standard InChI is InChI=1S/C11H20N4O/c1-3-15(4-2)11-13-10(16-14-11)8-5-6-9(12)7-8/h8-9H,3-7,12H2,1-2H3/t8-,9+/m1/s1. The molecule has 16 heavy (non-hydrogen) atoms. The summed E-state index contributed by atoms with van der Waals surface area (Å²) in [5.41, 5.74) is 5.88. The van der Waals surface area contributed by atoms with E-state index in [2.05, 4.69) is 28.9 Å². The maximum atomic E-state index is 5.88. The summed E-state index contributed by atoms with van der Waals surface area (Å²) < 4.78 is 5.32. The van der Waals surface area contributed by atoms with Gasteiger partial charge in [0.15, 0.2) is 0 Å². The molecule has 1 fully saturated rings. The number of hydrogen-bond acceptors (Lipinski definition) is 5. The average molecular weight is 224 g/mol. The molecule has 1 saturated carbocycles. The van der Waals surface area contributed by atoms with E-state index in [0.29, 0.717) is 17.9 Å². The predicted octanol–water partition coefficient (Wildman–Crippen LogP) is 1.51. The molecular formula is C11H20N4O. The Bertz CT molecular complexity index is 334. The highest BCUT2D eigenvalue weighted by atomic mass is 16.5. The average Bonchev–Trinajstić information content (AvgIpc) is 2.89. The molecule has 0 amide bonds. The van der Waals surface area contributed by atoms with Crippen LogP contribution in [0.4, 0.5) is 5.95 Å². The van der Waals surface area contributed by atoms with Gasteiger partial charge in [0.1, 0.15) is 0 Å². The van der Waals surface area contributed by atoms with E-state index < -0.39 is 0 Å². The Morgan fingerprint density at radius 3 is 2.69 bits per heavy atom. The lowest BCUT2D eigenvalue weighted by Crippen LogP contribution is -2.23. The van der Waals surface area contributed by atoms with Crippen molar-refractivity contribution < 1.29 is 4.52 Å². The monoisotopic (exact) mass is 224 g/mol. The summed E-state index contributed by atoms with van der Waals surface area (Å²) in [6.45, 7) is 5.98. The highest BCUT2D eigenvalue weighted by Gasteiger charge is 2.28. The highest BCUT2D eigenvalue weighted by Crippen LogP contribution is 2.33. The van der Waals surface area contributed by atoms with Gasteiger partial charge in [-0.15, -0.1) is 0 Å². The van der Waals surface area contributed by atoms with E-state index in [-0.39, 0.29) is 0 Å². The minimum Gasteiger partial charge on any atom is -0.339 e. The van der Waals surface area contributed by atoms with Crippen molar-refractivity contribution in [1.82, 2.24) is 10.1 Å². The van der Waals surface area contributed by atoms with Crippen LogP contribution in [0.2, 0.25) is 0 Å². The zero-order valence-corrected chi connectivity index (χ0v) is 10.0. The molecule has 0 saturated heterocycles. The SMILES string of the molecule is CCN(CC)c1noc([C@@H]2CC[C@H](N)C2)n1. The molecule has 1 aromatic rings. The summed E-state index contributed by atoms with van der Waals surface area (Å²) in [4.78, 5) is 6.55. The Hall–Kier alpha value is -1.10. The van der Waals surface area contributed by atoms with E-state index in [0.717, 1.165) is 38.2 Å². The summed E-state index contributed by atoms with van der Waals surface area (Å²) >= 11 is 0. The molecule has 1 aliphatic rings. The fourth-order valence-electron chi connectivity index (χ4n) is 2.27. The van der Waals surface area contributed by atoms with Gasteiger partial charge in [-0.2, -0.15) is 4.98 Å². The van der Waals surface area contributed by atoms with Gasteiger partial charge in [0.05, 0.1) is 0 Å². The van der Waals surface area contributed by atoms with Crippen LogP contribution < -0.4 is 10.6 Å². The molecule has 0 bridgehead atoms. The first-order chi connectivity index (χ1) is 7.74. The van der Waals surface area contributed by atoms with Gasteiger partial charge in [0, 0.05) is 25.0 Å². The van der Waals surface area contributed by atoms with Crippen LogP contribution >= 0.6 is 0 Å². The van der Waals surface area contributed by atoms with E-state index in [1.807, 2.05) is 0 Å². The molecule has 0 aliphatic heterocycles. The van der Waals surface area contributed by atoms with Gasteiger partial charge in [-0.25, -0.2) is 0 Å². The van der Waals surface area contributed by atoms with Gasteiger partial charge in [-0.1, -0.05) is 0 Å². The minimum atomic E-state index is 0.300. The molecule has 1 aliphatic carbocycles. The Balaban J connectivity index is 2.07. The van der Waals surface area contributed by atoms with Crippen LogP contribution in [0.5, 0.6) is 0 Å². The second-order valence-corrected chi connectivity index (χ2v) is 4.37. The lowest BCUT2D eigenvalue weighted by atomic mass is 10.1. The molecule has 2 rings (SSSR count). The summed E-state index contributed by atoms with van der Waals surface area (Å²) in [5, 5.41) is 4.03. The Labute approximate surface area is 96.0 Å². The third kappa shape index (κ3) is 2.19. The molecule has 0 radical (unpaired) electrons. The number of rotatable bonds is 4. The number of hydrogen-bond donors (Lipinski definition) is 1. The number of nitrogens with zero attached hydrogens (tertiary/aromatic N) is 3. The third-order valence-electron chi connectivity index (χ3n) is 3.30. The van der Waals surface area contributed by atoms with Crippen LogP contribution in [-0.4, -0.2) is 29.3 Å². The predicted molar refractivity (Wildman–Crippen MR) is 62.4 cm³/mol. The van der Waals surface area contributed by atoms with Crippen molar-refractivity contribution in [3.05, 3.63) is 5.89 Å². The summed E-state index contributed by atoms with van der Waals surface area (Å²) in [7, 11) is 0. The first kappa shape index (κ1) is 11.4. The summed E-state index contributed by atoms with van der Waals surface area (Å²) in [6.07, 6.45) is 3.11. The Kier molecular flexibility index (Phi) is 3.43. The zero-order chi connectivity index (χ0) is 11.5. The van der Waals surface area contributed by atoms with E-state index >= 15 is 0 Å². The minimum absolute atomic E-state index is 0.300. The smallest absolute Gasteiger partial charge is 0.266 e. The van der Waals surface area contributed by atoms with E-state index in [1.54, 1.807) is 0 Å². The Morgan fingerprint density at radius 1 is 1.38 bits per heavy atom. The van der Waals surface area contributed by atoms with Gasteiger partial charge >= 0.3 is 0 Å². The maximum Gasteiger partial charge on any atom is 0.266 e. The maximum absolute atomic E-state index is 5.88.